The predicted octanol–water partition coefficient (Wildman–Crippen LogP) is 2.68. The maximum absolute atomic E-state index is 13.9. The van der Waals surface area contributed by atoms with Crippen molar-refractivity contribution in [2.75, 3.05) is 25.1 Å². The number of aliphatic hydroxyl groups is 2. The summed E-state index contributed by atoms with van der Waals surface area (Å²) >= 11 is 0. The highest BCUT2D eigenvalue weighted by atomic mass is 19.4. The van der Waals surface area contributed by atoms with E-state index in [1.807, 2.05) is 0 Å². The van der Waals surface area contributed by atoms with E-state index < -0.39 is 29.9 Å². The first kappa shape index (κ1) is 22.3. The van der Waals surface area contributed by atoms with Gasteiger partial charge in [0.15, 0.2) is 6.10 Å². The van der Waals surface area contributed by atoms with Crippen LogP contribution in [0, 0.1) is 0 Å². The molecule has 2 heterocycles. The minimum absolute atomic E-state index is 0.0188. The van der Waals surface area contributed by atoms with Crippen molar-refractivity contribution in [2.24, 2.45) is 0 Å². The summed E-state index contributed by atoms with van der Waals surface area (Å²) in [5.74, 6) is -0.194. The molecule has 3 N–H and O–H groups in total. The van der Waals surface area contributed by atoms with E-state index in [9.17, 15) is 28.2 Å². The Morgan fingerprint density at radius 1 is 1.16 bits per heavy atom. The molecule has 170 valence electrons. The topological polar surface area (TPSA) is 82.0 Å². The van der Waals surface area contributed by atoms with Crippen LogP contribution < -0.4 is 15.0 Å². The van der Waals surface area contributed by atoms with Crippen LogP contribution in [0.5, 0.6) is 5.75 Å². The van der Waals surface area contributed by atoms with E-state index in [1.165, 1.54) is 30.2 Å². The van der Waals surface area contributed by atoms with Crippen molar-refractivity contribution in [3.05, 3.63) is 59.2 Å². The summed E-state index contributed by atoms with van der Waals surface area (Å²) in [6.45, 7) is 0.352. The lowest BCUT2D eigenvalue weighted by atomic mass is 9.96. The number of hydrogen-bond donors (Lipinski definition) is 3. The van der Waals surface area contributed by atoms with Crippen molar-refractivity contribution in [2.45, 2.75) is 30.8 Å². The van der Waals surface area contributed by atoms with Crippen molar-refractivity contribution in [3.63, 3.8) is 0 Å². The van der Waals surface area contributed by atoms with Gasteiger partial charge in [-0.25, -0.2) is 0 Å². The summed E-state index contributed by atoms with van der Waals surface area (Å²) in [4.78, 5) is 14.5. The fraction of sp³-hybridized carbons (Fsp3) is 0.348. The smallest absolute Gasteiger partial charge is 0.417 e. The van der Waals surface area contributed by atoms with Crippen LogP contribution in [-0.4, -0.2) is 54.6 Å². The summed E-state index contributed by atoms with van der Waals surface area (Å²) in [5, 5.41) is 23.8. The number of β-amino-alcohol motifs (C(OH)–C–C–N with tert-alkyl or cyclic N) is 1. The molecular weight excluding hydrogens is 425 g/mol. The molecule has 4 rings (SSSR count). The summed E-state index contributed by atoms with van der Waals surface area (Å²) in [5.41, 5.74) is -0.541. The summed E-state index contributed by atoms with van der Waals surface area (Å²) in [6.07, 6.45) is -5.32. The molecule has 0 bridgehead atoms. The number of amides is 1. The van der Waals surface area contributed by atoms with E-state index in [2.05, 4.69) is 5.32 Å². The van der Waals surface area contributed by atoms with Crippen molar-refractivity contribution in [1.82, 2.24) is 5.32 Å². The number of nitrogens with one attached hydrogen (secondary N) is 1. The van der Waals surface area contributed by atoms with E-state index in [4.69, 9.17) is 4.74 Å². The van der Waals surface area contributed by atoms with Gasteiger partial charge in [-0.15, -0.1) is 0 Å². The number of fused-ring (bicyclic) bond motifs is 1. The van der Waals surface area contributed by atoms with Crippen LogP contribution in [0.2, 0.25) is 0 Å². The first-order valence-electron chi connectivity index (χ1n) is 10.2. The molecule has 2 aromatic carbocycles. The number of methoxy groups -OCH3 is 1. The molecule has 0 saturated carbocycles. The summed E-state index contributed by atoms with van der Waals surface area (Å²) < 4.78 is 46.7. The van der Waals surface area contributed by atoms with Crippen LogP contribution in [0.4, 0.5) is 18.9 Å². The number of hydrogen-bond acceptors (Lipinski definition) is 5. The number of carbonyl (C=O) groups excluding carboxylic acids is 1. The summed E-state index contributed by atoms with van der Waals surface area (Å²) in [7, 11) is 1.48. The monoisotopic (exact) mass is 448 g/mol. The molecular formula is C23H23F3N2O4. The molecule has 3 unspecified atom stereocenters. The van der Waals surface area contributed by atoms with Crippen molar-refractivity contribution in [1.29, 1.82) is 0 Å². The Morgan fingerprint density at radius 3 is 2.47 bits per heavy atom. The van der Waals surface area contributed by atoms with Gasteiger partial charge in [-0.2, -0.15) is 13.2 Å². The highest BCUT2D eigenvalue weighted by Gasteiger charge is 2.39. The maximum atomic E-state index is 13.9. The number of nitrogens with zero attached hydrogens (tertiary/aromatic N) is 1. The molecule has 0 aromatic heterocycles. The quantitative estimate of drug-likeness (QED) is 0.670. The zero-order chi connectivity index (χ0) is 23.0. The molecule has 2 aliphatic rings. The minimum atomic E-state index is -4.65. The van der Waals surface area contributed by atoms with E-state index in [1.54, 1.807) is 24.3 Å². The normalized spacial score (nSPS) is 23.6. The van der Waals surface area contributed by atoms with Crippen molar-refractivity contribution < 1.29 is 32.9 Å². The third-order valence-electron chi connectivity index (χ3n) is 5.80. The largest absolute Gasteiger partial charge is 0.497 e. The number of carbonyl (C=O) groups is 1. The van der Waals surface area contributed by atoms with Gasteiger partial charge in [0.05, 0.1) is 24.5 Å². The molecule has 1 saturated heterocycles. The van der Waals surface area contributed by atoms with Crippen molar-refractivity contribution in [3.8, 4) is 5.75 Å². The number of aliphatic hydroxyl groups excluding tert-OH is 2. The second kappa shape index (κ2) is 8.57. The molecule has 6 nitrogen and oxygen atoms in total. The van der Waals surface area contributed by atoms with E-state index >= 15 is 0 Å². The number of rotatable bonds is 4. The Hall–Kier alpha value is -2.88. The number of halogens is 3. The fourth-order valence-corrected chi connectivity index (χ4v) is 4.19. The minimum Gasteiger partial charge on any atom is -0.497 e. The Labute approximate surface area is 182 Å². The van der Waals surface area contributed by atoms with E-state index in [0.717, 1.165) is 6.07 Å². The zero-order valence-corrected chi connectivity index (χ0v) is 17.3. The lowest BCUT2D eigenvalue weighted by Crippen LogP contribution is -2.45. The average molecular weight is 448 g/mol. The molecule has 1 fully saturated rings. The van der Waals surface area contributed by atoms with Gasteiger partial charge in [-0.1, -0.05) is 18.2 Å². The van der Waals surface area contributed by atoms with Crippen LogP contribution >= 0.6 is 0 Å². The fourth-order valence-electron chi connectivity index (χ4n) is 4.19. The second-order valence-electron chi connectivity index (χ2n) is 7.91. The third kappa shape index (κ3) is 4.23. The first-order valence-corrected chi connectivity index (χ1v) is 10.2. The van der Waals surface area contributed by atoms with Gasteiger partial charge >= 0.3 is 6.18 Å². The molecule has 9 heteroatoms. The van der Waals surface area contributed by atoms with Gasteiger partial charge in [0.1, 0.15) is 5.75 Å². The van der Waals surface area contributed by atoms with E-state index in [0.29, 0.717) is 24.3 Å². The second-order valence-corrected chi connectivity index (χ2v) is 7.91. The van der Waals surface area contributed by atoms with Gasteiger partial charge in [-0.05, 0) is 47.9 Å². The van der Waals surface area contributed by atoms with Crippen LogP contribution in [0.3, 0.4) is 0 Å². The Balaban J connectivity index is 1.85. The number of anilines is 1. The molecule has 3 atom stereocenters. The molecule has 0 radical (unpaired) electrons. The molecule has 2 aromatic rings. The number of ether oxygens (including phenoxy) is 1. The lowest BCUT2D eigenvalue weighted by Gasteiger charge is -2.28. The molecule has 32 heavy (non-hydrogen) atoms. The molecule has 1 amide bonds. The lowest BCUT2D eigenvalue weighted by molar-refractivity contribution is -0.137. The third-order valence-corrected chi connectivity index (χ3v) is 5.80. The average Bonchev–Trinajstić information content (AvgIpc) is 3.15. The standard InChI is InChI=1S/C23H23F3N2O4/c1-32-16-7-5-13(6-8-16)17-10-18-19(23(24,25)26)3-2-4-20(18)28(22(31)21(17)30)12-14-9-15(29)11-27-14/h2-8,10,14-15,21,27,29-30H,9,11-12H2,1H3. The van der Waals surface area contributed by atoms with Crippen LogP contribution in [-0.2, 0) is 11.0 Å². The molecule has 2 aliphatic heterocycles. The Morgan fingerprint density at radius 2 is 1.88 bits per heavy atom. The number of benzene rings is 2. The van der Waals surface area contributed by atoms with Gasteiger partial charge in [-0.3, -0.25) is 4.79 Å². The van der Waals surface area contributed by atoms with Gasteiger partial charge in [0.2, 0.25) is 0 Å². The molecule has 0 aliphatic carbocycles. The SMILES string of the molecule is COc1ccc(C2=Cc3c(cccc3C(F)(F)F)N(CC3CC(O)CN3)C(=O)C2O)cc1. The maximum Gasteiger partial charge on any atom is 0.417 e. The highest BCUT2D eigenvalue weighted by molar-refractivity contribution is 6.11. The Bertz CT molecular complexity index is 1040. The van der Waals surface area contributed by atoms with Crippen LogP contribution in [0.1, 0.15) is 23.1 Å². The Kier molecular flexibility index (Phi) is 5.98. The van der Waals surface area contributed by atoms with Crippen LogP contribution in [0.25, 0.3) is 11.6 Å². The molecule has 0 spiro atoms. The number of alkyl halides is 3. The van der Waals surface area contributed by atoms with E-state index in [-0.39, 0.29) is 29.4 Å². The van der Waals surface area contributed by atoms with Crippen molar-refractivity contribution >= 4 is 23.2 Å². The van der Waals surface area contributed by atoms with Gasteiger partial charge in [0.25, 0.3) is 5.91 Å². The van der Waals surface area contributed by atoms with Crippen LogP contribution in [0.15, 0.2) is 42.5 Å². The van der Waals surface area contributed by atoms with Gasteiger partial charge < -0.3 is 25.2 Å². The highest BCUT2D eigenvalue weighted by Crippen LogP contribution is 2.41. The zero-order valence-electron chi connectivity index (χ0n) is 17.3. The summed E-state index contributed by atoms with van der Waals surface area (Å²) in [6, 6.07) is 9.71. The predicted molar refractivity (Wildman–Crippen MR) is 113 cm³/mol. The van der Waals surface area contributed by atoms with Gasteiger partial charge in [0, 0.05) is 24.7 Å². The first-order chi connectivity index (χ1) is 15.2.